The number of amides is 8. The number of nitrogens with two attached hydrogens (primary N) is 4. The fraction of sp³-hybridized carbons (Fsp3) is 0.333. The fourth-order valence-electron chi connectivity index (χ4n) is 24.1. The molecule has 14 aromatic rings. The number of aryl methyl sites for hydroxylation is 2. The van der Waals surface area contributed by atoms with Gasteiger partial charge in [0.1, 0.15) is 119 Å². The van der Waals surface area contributed by atoms with Crippen LogP contribution in [0.3, 0.4) is 0 Å². The topological polar surface area (TPSA) is 300 Å². The van der Waals surface area contributed by atoms with E-state index in [1.807, 2.05) is 96.9 Å². The minimum atomic E-state index is -1.22. The molecule has 2 saturated carbocycles. The third-order valence-electron chi connectivity index (χ3n) is 30.7. The normalized spacial score (nSPS) is 25.3. The average molecular weight is 1870 g/mol. The number of rotatable bonds is 20. The summed E-state index contributed by atoms with van der Waals surface area (Å²) in [7, 11) is 0. The van der Waals surface area contributed by atoms with Crippen LogP contribution < -0.4 is 42.5 Å². The van der Waals surface area contributed by atoms with Crippen molar-refractivity contribution in [2.75, 3.05) is 52.4 Å². The van der Waals surface area contributed by atoms with Gasteiger partial charge in [0.25, 0.3) is 0 Å². The van der Waals surface area contributed by atoms with Gasteiger partial charge in [0.05, 0.1) is 86.2 Å². The summed E-state index contributed by atoms with van der Waals surface area (Å²) in [6, 6.07) is 68.0. The van der Waals surface area contributed by atoms with Gasteiger partial charge < -0.3 is 79.8 Å². The van der Waals surface area contributed by atoms with Gasteiger partial charge in [0.2, 0.25) is 23.6 Å². The number of quaternary nitrogens is 4. The summed E-state index contributed by atoms with van der Waals surface area (Å²) in [4.78, 5) is 80.2. The van der Waals surface area contributed by atoms with E-state index < -0.39 is 51.8 Å². The number of benzene rings is 10. The summed E-state index contributed by atoms with van der Waals surface area (Å²) < 4.78 is 108. The third kappa shape index (κ3) is 17.0. The number of hydrogen-bond acceptors (Lipinski definition) is 12. The Balaban J connectivity index is 0.000000110. The Kier molecular flexibility index (Phi) is 24.8. The van der Waals surface area contributed by atoms with Crippen molar-refractivity contribution >= 4 is 45.7 Å². The molecule has 10 aliphatic rings. The molecule has 8 amide bonds. The number of carbonyl (C=O) groups excluding carboxylic acids is 4. The number of nitrogens with one attached hydrogen (secondary N) is 4. The molecule has 0 radical (unpaired) electrons. The van der Waals surface area contributed by atoms with Crippen LogP contribution >= 0.6 is 0 Å². The van der Waals surface area contributed by atoms with Gasteiger partial charge in [-0.15, -0.1) is 0 Å². The fourth-order valence-corrected chi connectivity index (χ4v) is 24.1. The molecule has 8 saturated heterocycles. The van der Waals surface area contributed by atoms with Gasteiger partial charge in [-0.25, -0.2) is 65.5 Å². The van der Waals surface area contributed by atoms with Crippen molar-refractivity contribution < 1.29 is 84.5 Å². The number of aromatic nitrogens is 4. The minimum Gasteiger partial charge on any atom is -0.448 e. The van der Waals surface area contributed by atoms with Gasteiger partial charge in [-0.2, -0.15) is 0 Å². The highest BCUT2D eigenvalue weighted by Crippen LogP contribution is 2.52. The quantitative estimate of drug-likeness (QED) is 0.0331. The molecule has 24 rings (SSSR count). The Morgan fingerprint density at radius 1 is 0.362 bits per heavy atom. The molecule has 12 heterocycles. The molecule has 8 aliphatic heterocycles. The van der Waals surface area contributed by atoms with Crippen molar-refractivity contribution in [2.45, 2.75) is 161 Å². The second-order valence-electron chi connectivity index (χ2n) is 38.7. The first-order valence-corrected chi connectivity index (χ1v) is 47.9. The van der Waals surface area contributed by atoms with Crippen molar-refractivity contribution in [3.63, 3.8) is 0 Å². The highest BCUT2D eigenvalue weighted by molar-refractivity contribution is 5.88. The van der Waals surface area contributed by atoms with Crippen LogP contribution in [0.5, 0.6) is 0 Å². The van der Waals surface area contributed by atoms with Crippen LogP contribution in [0.1, 0.15) is 141 Å². The molecule has 138 heavy (non-hydrogen) atoms. The van der Waals surface area contributed by atoms with Crippen LogP contribution in [0.2, 0.25) is 0 Å². The molecule has 0 spiro atoms. The van der Waals surface area contributed by atoms with Crippen LogP contribution in [0.4, 0.5) is 45.5 Å². The summed E-state index contributed by atoms with van der Waals surface area (Å²) in [5.74, 6) is -1.06. The first kappa shape index (κ1) is 90.5. The van der Waals surface area contributed by atoms with E-state index in [9.17, 15) is 45.5 Å². The lowest BCUT2D eigenvalue weighted by Crippen LogP contribution is -2.96. The van der Waals surface area contributed by atoms with Crippen molar-refractivity contribution in [3.8, 4) is 0 Å². The highest BCUT2D eigenvalue weighted by Gasteiger charge is 2.68. The van der Waals surface area contributed by atoms with Crippen molar-refractivity contribution in [2.24, 2.45) is 11.8 Å². The summed E-state index contributed by atoms with van der Waals surface area (Å²) in [6.45, 7) is 11.9. The number of piperidine rings is 4. The van der Waals surface area contributed by atoms with Crippen molar-refractivity contribution in [3.05, 3.63) is 381 Å². The number of urea groups is 4. The van der Waals surface area contributed by atoms with E-state index in [2.05, 4.69) is 160 Å². The first-order valence-electron chi connectivity index (χ1n) is 47.9. The number of oxazole rings is 4. The van der Waals surface area contributed by atoms with Crippen molar-refractivity contribution in [1.29, 1.82) is 0 Å². The number of nitrogens with zero attached hydrogens (tertiary/aromatic N) is 8. The summed E-state index contributed by atoms with van der Waals surface area (Å²) in [5, 5.41) is 26.8. The smallest absolute Gasteiger partial charge is 0.318 e. The molecule has 2 aliphatic carbocycles. The predicted molar refractivity (Wildman–Crippen MR) is 500 cm³/mol. The molecule has 12 atom stereocenters. The zero-order valence-corrected chi connectivity index (χ0v) is 76.6. The van der Waals surface area contributed by atoms with Gasteiger partial charge in [-0.1, -0.05) is 189 Å². The molecule has 30 heteroatoms. The highest BCUT2D eigenvalue weighted by atomic mass is 19.2. The molecule has 0 bridgehead atoms. The van der Waals surface area contributed by atoms with Crippen LogP contribution in [-0.2, 0) is 49.9 Å². The summed E-state index contributed by atoms with van der Waals surface area (Å²) in [6.07, 6.45) is 13.7. The van der Waals surface area contributed by atoms with Gasteiger partial charge in [0.15, 0.2) is 0 Å². The maximum Gasteiger partial charge on any atom is 0.318 e. The maximum absolute atomic E-state index is 14.6. The number of halogens is 6. The Bertz CT molecular complexity index is 6750. The molecule has 12 N–H and O–H groups in total. The third-order valence-corrected chi connectivity index (χ3v) is 30.7. The molecular formula is C108H110F6N16O8+4. The average Bonchev–Trinajstić information content (AvgIpc) is 1.55. The first-order chi connectivity index (χ1) is 67.2. The largest absolute Gasteiger partial charge is 0.448 e. The van der Waals surface area contributed by atoms with Gasteiger partial charge in [0, 0.05) is 57.2 Å². The molecule has 10 fully saturated rings. The van der Waals surface area contributed by atoms with Crippen molar-refractivity contribution in [1.82, 2.24) is 60.8 Å². The van der Waals surface area contributed by atoms with E-state index in [-0.39, 0.29) is 102 Å². The maximum atomic E-state index is 14.6. The number of carbonyl (C=O) groups is 4. The minimum absolute atomic E-state index is 0.0117. The zero-order chi connectivity index (χ0) is 94.6. The lowest BCUT2D eigenvalue weighted by Gasteiger charge is -2.52. The predicted octanol–water partition coefficient (Wildman–Crippen LogP) is 12.9. The standard InChI is InChI=1S/C29H24F4N4O2.C27H28F2N4O2.C27H26N4O2.C25H28N4O2/c30-20-6-18(7-21(31)11-20)8-24-15-39-27(35-24)29(19-9-22(32)12-23(33)10-19)16-34-13-25-26(29)36-28(38)37(25)14-17-4-2-1-3-5-17;28-20-9-18(10-21(29)12-20)11-22-15-35-25(31-22)23-13-30-16-27(19-7-4-8-19)24(23)32-26(34)33(27)14-17-5-2-1-3-6-17;1-18-16-33-25(29-18)27(21-11-3-2-4-12-21)17-28-14-23-24(27)30-26(32)31(23)15-20-10-7-9-19-8-5-6-13-22(19)20;1-16-14-31-23(27-16)21-12-26-15-25(19-9-5-10-19)22(21)28-24(30)29(25)13-18-8-4-7-17-6-2-3-11-20(17)18/h1-7,9-12,15,25-26,34H,8,13-14,16H2,(H,36,38);1-3,5-6,9-10,12,15,19,23-24,30H,4,7-8,11,13-14,16H2,(H,32,34);2-13,16,23-24,28H,14-15,17H2,1H3,(H,30,32);2-4,6-8,11,14,19,21-22,26H,5,9-10,12-13,15H2,1H3,(H,28,30)/p+4. The second-order valence-corrected chi connectivity index (χ2v) is 38.7. The lowest BCUT2D eigenvalue weighted by molar-refractivity contribution is -0.678. The van der Waals surface area contributed by atoms with Crippen LogP contribution in [0.25, 0.3) is 21.5 Å². The van der Waals surface area contributed by atoms with Gasteiger partial charge in [-0.05, 0) is 154 Å². The Morgan fingerprint density at radius 2 is 0.761 bits per heavy atom. The van der Waals surface area contributed by atoms with Gasteiger partial charge in [-0.3, -0.25) is 0 Å². The zero-order valence-electron chi connectivity index (χ0n) is 76.6. The monoisotopic (exact) mass is 1870 g/mol. The molecule has 708 valence electrons. The summed E-state index contributed by atoms with van der Waals surface area (Å²) in [5.41, 5.74) is 7.15. The van der Waals surface area contributed by atoms with Crippen LogP contribution in [-0.4, -0.2) is 163 Å². The molecular weight excluding hydrogens is 1760 g/mol. The van der Waals surface area contributed by atoms with E-state index in [4.69, 9.17) is 27.6 Å². The van der Waals surface area contributed by atoms with E-state index >= 15 is 0 Å². The van der Waals surface area contributed by atoms with E-state index in [1.54, 1.807) is 23.7 Å². The molecule has 12 unspecified atom stereocenters. The SMILES string of the molecule is Cc1coc(C2(c3ccccc3)C[NH2+]CC3C2NC(=O)N3Cc2cccc3ccccc23)n1.Cc1coc(C2C[NH2+]CC3(C4CCC4)C2NC(=O)N3Cc2cccc3ccccc23)n1.O=C1NC2C(C[NH2+]CC2(c2cc(F)cc(F)c2)c2nc(Cc3cc(F)cc(F)c3)co2)N1Cc1ccccc1.O=C1NC2C(c3nc(Cc4cc(F)cc(F)c4)co3)C[NH2+]CC2(C2CCC2)N1Cc1ccccc1. The van der Waals surface area contributed by atoms with E-state index in [0.717, 1.165) is 110 Å². The van der Waals surface area contributed by atoms with Crippen LogP contribution in [0, 0.1) is 60.6 Å². The van der Waals surface area contributed by atoms with Gasteiger partial charge >= 0.3 is 24.1 Å². The molecule has 10 aromatic carbocycles. The molecule has 24 nitrogen and oxygen atoms in total. The van der Waals surface area contributed by atoms with E-state index in [1.165, 1.54) is 95.5 Å². The number of hydrogen-bond donors (Lipinski definition) is 8. The Morgan fingerprint density at radius 3 is 1.26 bits per heavy atom. The summed E-state index contributed by atoms with van der Waals surface area (Å²) >= 11 is 0. The lowest BCUT2D eigenvalue weighted by atomic mass is 9.63. The number of fused-ring (bicyclic) bond motifs is 6. The van der Waals surface area contributed by atoms with Crippen LogP contribution in [0.15, 0.2) is 273 Å². The molecule has 4 aromatic heterocycles. The second kappa shape index (κ2) is 37.9. The Labute approximate surface area is 793 Å². The Hall–Kier alpha value is -13.9. The van der Waals surface area contributed by atoms with E-state index in [0.29, 0.717) is 85.4 Å².